The van der Waals surface area contributed by atoms with Gasteiger partial charge in [-0.3, -0.25) is 0 Å². The fraction of sp³-hybridized carbons (Fsp3) is 0.600. The predicted octanol–water partition coefficient (Wildman–Crippen LogP) is 3.14. The Balaban J connectivity index is 2.65. The molecule has 1 rings (SSSR count). The maximum atomic E-state index is 9.77. The monoisotopic (exact) mass is 184 g/mol. The minimum absolute atomic E-state index is 0.259. The number of hydrogen-bond acceptors (Lipinski definition) is 2. The molecule has 68 valence electrons. The van der Waals surface area contributed by atoms with Crippen LogP contribution in [-0.4, -0.2) is 5.11 Å². The number of rotatable bonds is 3. The first-order chi connectivity index (χ1) is 5.61. The summed E-state index contributed by atoms with van der Waals surface area (Å²) in [6.07, 6.45) is 0.603. The zero-order valence-electron chi connectivity index (χ0n) is 7.87. The van der Waals surface area contributed by atoms with Gasteiger partial charge in [0.25, 0.3) is 0 Å². The van der Waals surface area contributed by atoms with Crippen molar-refractivity contribution in [2.75, 3.05) is 0 Å². The Bertz CT molecular complexity index is 240. The third-order valence-electron chi connectivity index (χ3n) is 1.90. The molecule has 0 aliphatic rings. The van der Waals surface area contributed by atoms with Gasteiger partial charge < -0.3 is 5.11 Å². The van der Waals surface area contributed by atoms with E-state index in [1.807, 2.05) is 5.38 Å². The van der Waals surface area contributed by atoms with Crippen molar-refractivity contribution in [2.24, 2.45) is 5.92 Å². The van der Waals surface area contributed by atoms with Crippen LogP contribution in [0.5, 0.6) is 0 Å². The van der Waals surface area contributed by atoms with Crippen LogP contribution in [0.2, 0.25) is 0 Å². The van der Waals surface area contributed by atoms with Gasteiger partial charge in [0.1, 0.15) is 0 Å². The molecular formula is C10H16OS. The molecular weight excluding hydrogens is 168 g/mol. The third kappa shape index (κ3) is 2.32. The Kier molecular flexibility index (Phi) is 3.29. The lowest BCUT2D eigenvalue weighted by Crippen LogP contribution is -2.00. The Morgan fingerprint density at radius 2 is 2.17 bits per heavy atom. The van der Waals surface area contributed by atoms with Crippen LogP contribution in [0.1, 0.15) is 36.8 Å². The summed E-state index contributed by atoms with van der Waals surface area (Å²) in [5.41, 5.74) is 1.22. The molecule has 1 N–H and O–H groups in total. The van der Waals surface area contributed by atoms with Gasteiger partial charge in [-0.1, -0.05) is 13.8 Å². The lowest BCUT2D eigenvalue weighted by Gasteiger charge is -2.11. The zero-order valence-corrected chi connectivity index (χ0v) is 8.69. The minimum Gasteiger partial charge on any atom is -0.388 e. The van der Waals surface area contributed by atoms with E-state index < -0.39 is 0 Å². The highest BCUT2D eigenvalue weighted by Gasteiger charge is 2.12. The minimum atomic E-state index is -0.259. The van der Waals surface area contributed by atoms with Crippen LogP contribution in [0.15, 0.2) is 11.4 Å². The second-order valence-electron chi connectivity index (χ2n) is 3.61. The molecule has 1 atom stereocenters. The lowest BCUT2D eigenvalue weighted by molar-refractivity contribution is 0.154. The van der Waals surface area contributed by atoms with Gasteiger partial charge in [0.05, 0.1) is 6.10 Å². The second-order valence-corrected chi connectivity index (χ2v) is 4.56. The fourth-order valence-corrected chi connectivity index (χ4v) is 2.21. The Hall–Kier alpha value is -0.340. The van der Waals surface area contributed by atoms with E-state index in [4.69, 9.17) is 0 Å². The van der Waals surface area contributed by atoms with E-state index in [2.05, 4.69) is 26.8 Å². The SMILES string of the molecule is Cc1ccsc1C(O)CC(C)C. The summed E-state index contributed by atoms with van der Waals surface area (Å²) in [6, 6.07) is 2.06. The van der Waals surface area contributed by atoms with Crippen LogP contribution in [0.3, 0.4) is 0 Å². The Labute approximate surface area is 78.1 Å². The fourth-order valence-electron chi connectivity index (χ4n) is 1.28. The molecule has 1 aromatic rings. The molecule has 0 saturated carbocycles. The van der Waals surface area contributed by atoms with Gasteiger partial charge in [0.15, 0.2) is 0 Å². The molecule has 1 unspecified atom stereocenters. The summed E-state index contributed by atoms with van der Waals surface area (Å²) in [6.45, 7) is 6.31. The summed E-state index contributed by atoms with van der Waals surface area (Å²) < 4.78 is 0. The number of aryl methyl sites for hydroxylation is 1. The van der Waals surface area contributed by atoms with E-state index in [1.54, 1.807) is 11.3 Å². The topological polar surface area (TPSA) is 20.2 Å². The average Bonchev–Trinajstić information content (AvgIpc) is 2.33. The van der Waals surface area contributed by atoms with Crippen LogP contribution in [0, 0.1) is 12.8 Å². The van der Waals surface area contributed by atoms with Crippen molar-refractivity contribution in [3.05, 3.63) is 21.9 Å². The van der Waals surface area contributed by atoms with Crippen LogP contribution < -0.4 is 0 Å². The Morgan fingerprint density at radius 3 is 2.58 bits per heavy atom. The maximum Gasteiger partial charge on any atom is 0.0887 e. The van der Waals surface area contributed by atoms with Crippen LogP contribution in [0.4, 0.5) is 0 Å². The number of aliphatic hydroxyl groups excluding tert-OH is 1. The number of thiophene rings is 1. The summed E-state index contributed by atoms with van der Waals surface area (Å²) >= 11 is 1.65. The van der Waals surface area contributed by atoms with E-state index in [-0.39, 0.29) is 6.10 Å². The first-order valence-electron chi connectivity index (χ1n) is 4.33. The van der Waals surface area contributed by atoms with Gasteiger partial charge in [-0.05, 0) is 36.3 Å². The summed E-state index contributed by atoms with van der Waals surface area (Å²) in [7, 11) is 0. The lowest BCUT2D eigenvalue weighted by atomic mass is 10.0. The molecule has 12 heavy (non-hydrogen) atoms. The van der Waals surface area contributed by atoms with Crippen LogP contribution >= 0.6 is 11.3 Å². The third-order valence-corrected chi connectivity index (χ3v) is 3.02. The number of hydrogen-bond donors (Lipinski definition) is 1. The van der Waals surface area contributed by atoms with E-state index in [9.17, 15) is 5.11 Å². The quantitative estimate of drug-likeness (QED) is 0.765. The summed E-state index contributed by atoms with van der Waals surface area (Å²) in [4.78, 5) is 1.13. The van der Waals surface area contributed by atoms with Gasteiger partial charge in [0.2, 0.25) is 0 Å². The van der Waals surface area contributed by atoms with E-state index in [1.165, 1.54) is 5.56 Å². The van der Waals surface area contributed by atoms with Crippen molar-refractivity contribution >= 4 is 11.3 Å². The Morgan fingerprint density at radius 1 is 1.50 bits per heavy atom. The summed E-state index contributed by atoms with van der Waals surface area (Å²) in [5.74, 6) is 0.557. The number of aliphatic hydroxyl groups is 1. The molecule has 0 radical (unpaired) electrons. The molecule has 0 fully saturated rings. The normalized spacial score (nSPS) is 13.8. The van der Waals surface area contributed by atoms with Gasteiger partial charge in [-0.2, -0.15) is 0 Å². The second kappa shape index (κ2) is 4.06. The van der Waals surface area contributed by atoms with Crippen molar-refractivity contribution in [3.63, 3.8) is 0 Å². The first kappa shape index (κ1) is 9.75. The molecule has 0 amide bonds. The zero-order chi connectivity index (χ0) is 9.14. The van der Waals surface area contributed by atoms with Crippen molar-refractivity contribution < 1.29 is 5.11 Å². The van der Waals surface area contributed by atoms with Crippen molar-refractivity contribution in [1.82, 2.24) is 0 Å². The standard InChI is InChI=1S/C10H16OS/c1-7(2)6-9(11)10-8(3)4-5-12-10/h4-5,7,9,11H,6H2,1-3H3. The molecule has 0 bridgehead atoms. The first-order valence-corrected chi connectivity index (χ1v) is 5.21. The van der Waals surface area contributed by atoms with Crippen LogP contribution in [0.25, 0.3) is 0 Å². The molecule has 1 aromatic heterocycles. The van der Waals surface area contributed by atoms with Crippen LogP contribution in [-0.2, 0) is 0 Å². The van der Waals surface area contributed by atoms with Crippen molar-refractivity contribution in [2.45, 2.75) is 33.3 Å². The van der Waals surface area contributed by atoms with Gasteiger partial charge in [0, 0.05) is 4.88 Å². The largest absolute Gasteiger partial charge is 0.388 e. The molecule has 0 saturated heterocycles. The molecule has 0 aromatic carbocycles. The smallest absolute Gasteiger partial charge is 0.0887 e. The van der Waals surface area contributed by atoms with E-state index in [0.29, 0.717) is 5.92 Å². The molecule has 0 aliphatic carbocycles. The highest BCUT2D eigenvalue weighted by molar-refractivity contribution is 7.10. The highest BCUT2D eigenvalue weighted by atomic mass is 32.1. The summed E-state index contributed by atoms with van der Waals surface area (Å²) in [5, 5.41) is 11.8. The molecule has 1 nitrogen and oxygen atoms in total. The highest BCUT2D eigenvalue weighted by Crippen LogP contribution is 2.28. The molecule has 0 aliphatic heterocycles. The van der Waals surface area contributed by atoms with Crippen molar-refractivity contribution in [1.29, 1.82) is 0 Å². The van der Waals surface area contributed by atoms with E-state index in [0.717, 1.165) is 11.3 Å². The molecule has 2 heteroatoms. The average molecular weight is 184 g/mol. The predicted molar refractivity (Wildman–Crippen MR) is 53.5 cm³/mol. The van der Waals surface area contributed by atoms with Gasteiger partial charge in [-0.25, -0.2) is 0 Å². The van der Waals surface area contributed by atoms with Gasteiger partial charge >= 0.3 is 0 Å². The van der Waals surface area contributed by atoms with Gasteiger partial charge in [-0.15, -0.1) is 11.3 Å². The molecule has 0 spiro atoms. The van der Waals surface area contributed by atoms with Crippen molar-refractivity contribution in [3.8, 4) is 0 Å². The molecule has 1 heterocycles. The maximum absolute atomic E-state index is 9.77. The van der Waals surface area contributed by atoms with E-state index >= 15 is 0 Å².